The van der Waals surface area contributed by atoms with E-state index in [9.17, 15) is 0 Å². The van der Waals surface area contributed by atoms with Gasteiger partial charge >= 0.3 is 0 Å². The molecule has 0 N–H and O–H groups in total. The zero-order valence-corrected chi connectivity index (χ0v) is 29.6. The molecule has 0 aliphatic carbocycles. The van der Waals surface area contributed by atoms with E-state index < -0.39 is 8.07 Å². The Hall–Kier alpha value is -2.52. The Balaban J connectivity index is 0.000000279. The van der Waals surface area contributed by atoms with Gasteiger partial charge in [-0.05, 0) is 16.9 Å². The van der Waals surface area contributed by atoms with Crippen LogP contribution in [0.25, 0.3) is 44.4 Å². The molecule has 201 valence electrons. The number of benzene rings is 4. The maximum atomic E-state index is 4.52. The second-order valence-electron chi connectivity index (χ2n) is 10.0. The Kier molecular flexibility index (Phi) is 13.7. The van der Waals surface area contributed by atoms with Gasteiger partial charge in [0.15, 0.2) is 0 Å². The Labute approximate surface area is 285 Å². The van der Waals surface area contributed by atoms with Crippen LogP contribution in [0.2, 0.25) is 19.6 Å². The molecule has 2 heterocycles. The molecule has 5 radical (unpaired) electrons. The average Bonchev–Trinajstić information content (AvgIpc) is 2.98. The number of hydrogen-bond acceptors (Lipinski definition) is 2. The van der Waals surface area contributed by atoms with E-state index in [1.165, 1.54) is 16.0 Å². The summed E-state index contributed by atoms with van der Waals surface area (Å²) in [4.78, 5) is 8.88. The fourth-order valence-electron chi connectivity index (χ4n) is 4.06. The van der Waals surface area contributed by atoms with Crippen LogP contribution in [0.4, 0.5) is 0 Å². The first kappa shape index (κ1) is 34.7. The standard InChI is InChI=1S/C21H12N.C14H16NSi.B.Ir.Y/c1-2-7-17-14-19(12-11-16(17)6-1)18-8-5-9-20(15-18)21-10-3-4-13-22-21;1-16(2,3)13-9-10-14(15-11-13)12-7-5-4-6-8-12;;;/h1-8,10-11,13-14H;4-7,9-11H,1-3H3;;;/q-3;-1;;;. The number of rotatable bonds is 4. The summed E-state index contributed by atoms with van der Waals surface area (Å²) in [6, 6.07) is 47.6. The molecule has 6 aromatic rings. The molecule has 6 heteroatoms. The van der Waals surface area contributed by atoms with Crippen molar-refractivity contribution in [2.75, 3.05) is 0 Å². The first-order chi connectivity index (χ1) is 18.5. The van der Waals surface area contributed by atoms with Crippen LogP contribution in [0, 0.1) is 24.3 Å². The predicted octanol–water partition coefficient (Wildman–Crippen LogP) is 7.68. The Morgan fingerprint density at radius 1 is 0.634 bits per heavy atom. The van der Waals surface area contributed by atoms with Gasteiger partial charge in [-0.2, -0.15) is 5.56 Å². The third-order valence-corrected chi connectivity index (χ3v) is 8.27. The molecule has 6 rings (SSSR count). The van der Waals surface area contributed by atoms with Crippen LogP contribution < -0.4 is 5.19 Å². The minimum atomic E-state index is -1.23. The summed E-state index contributed by atoms with van der Waals surface area (Å²) >= 11 is 0. The molecule has 0 amide bonds. The van der Waals surface area contributed by atoms with Crippen LogP contribution in [0.15, 0.2) is 116 Å². The predicted molar refractivity (Wildman–Crippen MR) is 166 cm³/mol. The fraction of sp³-hybridized carbons (Fsp3) is 0.0857. The molecule has 0 unspecified atom stereocenters. The van der Waals surface area contributed by atoms with Gasteiger partial charge in [0.2, 0.25) is 0 Å². The number of fused-ring (bicyclic) bond motifs is 1. The Bertz CT molecular complexity index is 1640. The molecule has 0 aliphatic rings. The SMILES string of the molecule is C[Si](C)(C)c1ccc(-c2[c-]cccc2)nc1.[B].[Ir].[Y].[c-]1ccc(-c2[c-]cc3ccccc3c2)[c-]c1-c1ccccn1. The van der Waals surface area contributed by atoms with E-state index >= 15 is 0 Å². The van der Waals surface area contributed by atoms with Crippen molar-refractivity contribution in [3.05, 3.63) is 140 Å². The summed E-state index contributed by atoms with van der Waals surface area (Å²) in [5, 5.41) is 3.79. The topological polar surface area (TPSA) is 25.8 Å². The summed E-state index contributed by atoms with van der Waals surface area (Å²) < 4.78 is 0. The first-order valence-electron chi connectivity index (χ1n) is 12.7. The van der Waals surface area contributed by atoms with Gasteiger partial charge in [-0.1, -0.05) is 73.2 Å². The molecular weight excluding hydrogens is 768 g/mol. The van der Waals surface area contributed by atoms with Crippen molar-refractivity contribution in [3.8, 4) is 33.6 Å². The van der Waals surface area contributed by atoms with Crippen LogP contribution in [0.1, 0.15) is 0 Å². The van der Waals surface area contributed by atoms with Gasteiger partial charge in [-0.15, -0.1) is 65.5 Å². The maximum Gasteiger partial charge on any atom is 0.0795 e. The van der Waals surface area contributed by atoms with E-state index in [0.29, 0.717) is 0 Å². The quantitative estimate of drug-likeness (QED) is 0.135. The minimum absolute atomic E-state index is 0. The number of aromatic nitrogens is 2. The van der Waals surface area contributed by atoms with Crippen molar-refractivity contribution >= 4 is 32.4 Å². The van der Waals surface area contributed by atoms with Crippen molar-refractivity contribution in [3.63, 3.8) is 0 Å². The second-order valence-corrected chi connectivity index (χ2v) is 15.1. The van der Waals surface area contributed by atoms with Crippen molar-refractivity contribution in [2.45, 2.75) is 19.6 Å². The molecule has 2 nitrogen and oxygen atoms in total. The van der Waals surface area contributed by atoms with Crippen molar-refractivity contribution in [1.29, 1.82) is 0 Å². The molecule has 0 saturated heterocycles. The van der Waals surface area contributed by atoms with E-state index in [1.54, 1.807) is 6.20 Å². The zero-order valence-electron chi connectivity index (χ0n) is 23.4. The number of nitrogens with zero attached hydrogens (tertiary/aromatic N) is 2. The molecule has 4 aromatic carbocycles. The summed E-state index contributed by atoms with van der Waals surface area (Å²) in [7, 11) is -1.23. The summed E-state index contributed by atoms with van der Waals surface area (Å²) in [6.45, 7) is 7.00. The molecule has 2 aromatic heterocycles. The van der Waals surface area contributed by atoms with Gasteiger partial charge in [0.05, 0.1) is 8.07 Å². The second kappa shape index (κ2) is 16.2. The molecule has 0 spiro atoms. The molecule has 0 atom stereocenters. The van der Waals surface area contributed by atoms with Gasteiger partial charge in [0.1, 0.15) is 0 Å². The van der Waals surface area contributed by atoms with E-state index in [0.717, 1.165) is 33.6 Å². The van der Waals surface area contributed by atoms with Crippen LogP contribution in [0.3, 0.4) is 0 Å². The van der Waals surface area contributed by atoms with Gasteiger partial charge in [-0.25, -0.2) is 6.07 Å². The van der Waals surface area contributed by atoms with Crippen LogP contribution in [-0.4, -0.2) is 26.5 Å². The summed E-state index contributed by atoms with van der Waals surface area (Å²) in [5.74, 6) is 0. The van der Waals surface area contributed by atoms with E-state index in [-0.39, 0.29) is 61.2 Å². The van der Waals surface area contributed by atoms with Crippen LogP contribution >= 0.6 is 0 Å². The van der Waals surface area contributed by atoms with Crippen molar-refractivity contribution in [1.82, 2.24) is 9.97 Å². The Morgan fingerprint density at radius 2 is 1.39 bits per heavy atom. The fourth-order valence-corrected chi connectivity index (χ4v) is 5.09. The Morgan fingerprint density at radius 3 is 2.05 bits per heavy atom. The summed E-state index contributed by atoms with van der Waals surface area (Å²) in [5.41, 5.74) is 5.85. The smallest absolute Gasteiger partial charge is 0.0795 e. The van der Waals surface area contributed by atoms with E-state index in [4.69, 9.17) is 0 Å². The van der Waals surface area contributed by atoms with Gasteiger partial charge in [0.25, 0.3) is 0 Å². The summed E-state index contributed by atoms with van der Waals surface area (Å²) in [6.07, 6.45) is 3.80. The van der Waals surface area contributed by atoms with E-state index in [2.05, 4.69) is 84.2 Å². The largest absolute Gasteiger partial charge is 0.352 e. The molecule has 0 saturated carbocycles. The number of pyridine rings is 2. The molecule has 0 fully saturated rings. The molecule has 41 heavy (non-hydrogen) atoms. The van der Waals surface area contributed by atoms with Gasteiger partial charge < -0.3 is 16.0 Å². The third kappa shape index (κ3) is 9.23. The van der Waals surface area contributed by atoms with Crippen molar-refractivity contribution in [2.24, 2.45) is 0 Å². The van der Waals surface area contributed by atoms with Crippen LogP contribution in [0.5, 0.6) is 0 Å². The van der Waals surface area contributed by atoms with E-state index in [1.807, 2.05) is 79.0 Å². The monoisotopic (exact) mass is 797 g/mol. The van der Waals surface area contributed by atoms with Crippen LogP contribution in [-0.2, 0) is 52.8 Å². The third-order valence-electron chi connectivity index (χ3n) is 6.24. The normalized spacial score (nSPS) is 10.2. The molecule has 0 bridgehead atoms. The van der Waals surface area contributed by atoms with Crippen molar-refractivity contribution < 1.29 is 52.8 Å². The number of hydrogen-bond donors (Lipinski definition) is 0. The zero-order chi connectivity index (χ0) is 26.4. The maximum absolute atomic E-state index is 4.52. The van der Waals surface area contributed by atoms with Gasteiger partial charge in [-0.3, -0.25) is 23.3 Å². The molecule has 0 aliphatic heterocycles. The first-order valence-corrected chi connectivity index (χ1v) is 16.2. The minimum Gasteiger partial charge on any atom is -0.352 e. The average molecular weight is 797 g/mol. The van der Waals surface area contributed by atoms with Gasteiger partial charge in [0, 0.05) is 73.6 Å². The molecular formula is C35H28BIrN2SiY-4.